The molecule has 0 fully saturated rings. The lowest BCUT2D eigenvalue weighted by molar-refractivity contribution is -0.123. The van der Waals surface area contributed by atoms with E-state index in [1.54, 1.807) is 45.0 Å². The number of aromatic nitrogens is 1. The van der Waals surface area contributed by atoms with E-state index in [0.717, 1.165) is 22.2 Å². The Morgan fingerprint density at radius 3 is 2.37 bits per heavy atom. The predicted molar refractivity (Wildman–Crippen MR) is 119 cm³/mol. The number of fused-ring (bicyclic) bond motifs is 1. The molecule has 30 heavy (non-hydrogen) atoms. The number of para-hydroxylation sites is 1. The number of hydrogen-bond acceptors (Lipinski definition) is 3. The average Bonchev–Trinajstić information content (AvgIpc) is 3.14. The van der Waals surface area contributed by atoms with Gasteiger partial charge in [0.2, 0.25) is 0 Å². The molecule has 4 rings (SSSR count). The molecule has 6 heteroatoms. The second-order valence-electron chi connectivity index (χ2n) is 8.60. The van der Waals surface area contributed by atoms with Crippen molar-refractivity contribution in [3.63, 3.8) is 0 Å². The summed E-state index contributed by atoms with van der Waals surface area (Å²) in [5.74, 6) is -1.36. The first-order chi connectivity index (χ1) is 14.1. The molecule has 0 radical (unpaired) electrons. The minimum atomic E-state index is -0.766. The molecule has 5 nitrogen and oxygen atoms in total. The van der Waals surface area contributed by atoms with Crippen molar-refractivity contribution in [1.29, 1.82) is 0 Å². The number of amides is 1. The van der Waals surface area contributed by atoms with E-state index in [0.29, 0.717) is 10.7 Å². The van der Waals surface area contributed by atoms with E-state index in [1.807, 2.05) is 31.2 Å². The highest BCUT2D eigenvalue weighted by Gasteiger charge is 2.47. The van der Waals surface area contributed by atoms with Crippen molar-refractivity contribution in [3.05, 3.63) is 76.1 Å². The van der Waals surface area contributed by atoms with E-state index >= 15 is 0 Å². The van der Waals surface area contributed by atoms with Gasteiger partial charge in [0, 0.05) is 38.3 Å². The number of aliphatic hydroxyl groups excluding tert-OH is 1. The second kappa shape index (κ2) is 7.03. The maximum absolute atomic E-state index is 13.4. The van der Waals surface area contributed by atoms with Gasteiger partial charge in [0.1, 0.15) is 0 Å². The Hall–Kier alpha value is -3.05. The molecule has 1 unspecified atom stereocenters. The number of halogens is 1. The minimum Gasteiger partial charge on any atom is -0.503 e. The first kappa shape index (κ1) is 20.2. The highest BCUT2D eigenvalue weighted by Crippen LogP contribution is 2.46. The number of carbonyl (C=O) groups excluding carboxylic acids is 2. The number of aryl methyl sites for hydroxylation is 1. The number of aromatic amines is 1. The fraction of sp³-hybridized carbons (Fsp3) is 0.250. The van der Waals surface area contributed by atoms with Crippen molar-refractivity contribution in [3.8, 4) is 0 Å². The number of nitrogens with zero attached hydrogens (tertiary/aromatic N) is 1. The van der Waals surface area contributed by atoms with E-state index in [-0.39, 0.29) is 11.4 Å². The van der Waals surface area contributed by atoms with Crippen molar-refractivity contribution < 1.29 is 14.7 Å². The molecule has 2 heterocycles. The van der Waals surface area contributed by atoms with Gasteiger partial charge >= 0.3 is 0 Å². The number of nitrogens with one attached hydrogen (secondary N) is 1. The summed E-state index contributed by atoms with van der Waals surface area (Å²) in [7, 11) is 0. The van der Waals surface area contributed by atoms with Crippen LogP contribution < -0.4 is 4.90 Å². The minimum absolute atomic E-state index is 0.121. The van der Waals surface area contributed by atoms with E-state index in [1.165, 1.54) is 4.90 Å². The molecular weight excluding hydrogens is 400 g/mol. The van der Waals surface area contributed by atoms with Gasteiger partial charge in [-0.25, -0.2) is 0 Å². The Kier molecular flexibility index (Phi) is 4.74. The maximum atomic E-state index is 13.4. The largest absolute Gasteiger partial charge is 0.503 e. The van der Waals surface area contributed by atoms with E-state index in [2.05, 4.69) is 4.98 Å². The van der Waals surface area contributed by atoms with E-state index in [9.17, 15) is 14.7 Å². The van der Waals surface area contributed by atoms with Gasteiger partial charge < -0.3 is 10.1 Å². The van der Waals surface area contributed by atoms with Crippen LogP contribution in [0.1, 0.15) is 38.1 Å². The second-order valence-corrected chi connectivity index (χ2v) is 9.04. The fourth-order valence-corrected chi connectivity index (χ4v) is 4.16. The lowest BCUT2D eigenvalue weighted by atomic mass is 9.81. The summed E-state index contributed by atoms with van der Waals surface area (Å²) < 4.78 is 0. The third kappa shape index (κ3) is 3.10. The van der Waals surface area contributed by atoms with Gasteiger partial charge in [0.05, 0.1) is 11.6 Å². The molecule has 2 aromatic carbocycles. The van der Waals surface area contributed by atoms with Crippen LogP contribution in [-0.4, -0.2) is 21.8 Å². The molecule has 0 spiro atoms. The molecule has 1 aliphatic heterocycles. The number of H-pyrrole nitrogens is 1. The number of rotatable bonds is 3. The van der Waals surface area contributed by atoms with Crippen molar-refractivity contribution in [2.24, 2.45) is 5.41 Å². The molecule has 2 N–H and O–H groups in total. The first-order valence-corrected chi connectivity index (χ1v) is 10.1. The van der Waals surface area contributed by atoms with Crippen molar-refractivity contribution >= 4 is 39.9 Å². The number of benzene rings is 2. The Labute approximate surface area is 180 Å². The van der Waals surface area contributed by atoms with Crippen molar-refractivity contribution in [1.82, 2.24) is 4.98 Å². The van der Waals surface area contributed by atoms with Gasteiger partial charge in [0.15, 0.2) is 11.5 Å². The number of Topliss-reactive ketones (excluding diaryl/α,β-unsaturated/α-hetero) is 1. The van der Waals surface area contributed by atoms with Crippen LogP contribution in [0.2, 0.25) is 5.02 Å². The molecule has 1 amide bonds. The summed E-state index contributed by atoms with van der Waals surface area (Å²) in [4.78, 5) is 31.4. The standard InChI is InChI=1S/C24H23ClN2O3/c1-13-18(16-7-5-6-8-17(16)26-13)20-19(22(29)24(2,3)4)21(28)23(30)27(20)15-11-9-14(25)10-12-15/h5-12,20,26,28H,1-4H3. The van der Waals surface area contributed by atoms with Crippen LogP contribution in [0.5, 0.6) is 0 Å². The normalized spacial score (nSPS) is 17.3. The van der Waals surface area contributed by atoms with Gasteiger partial charge in [0.25, 0.3) is 5.91 Å². The van der Waals surface area contributed by atoms with Gasteiger partial charge in [-0.1, -0.05) is 50.6 Å². The van der Waals surface area contributed by atoms with Gasteiger partial charge in [-0.05, 0) is 37.3 Å². The lowest BCUT2D eigenvalue weighted by Crippen LogP contribution is -2.33. The van der Waals surface area contributed by atoms with Gasteiger partial charge in [-0.3, -0.25) is 14.5 Å². The number of carbonyl (C=O) groups is 2. The van der Waals surface area contributed by atoms with E-state index in [4.69, 9.17) is 11.6 Å². The Bertz CT molecular complexity index is 1200. The van der Waals surface area contributed by atoms with Crippen molar-refractivity contribution in [2.45, 2.75) is 33.7 Å². The third-order valence-electron chi connectivity index (χ3n) is 5.46. The number of hydrogen-bond donors (Lipinski definition) is 2. The fourth-order valence-electron chi connectivity index (χ4n) is 4.03. The van der Waals surface area contributed by atoms with Crippen LogP contribution in [0, 0.1) is 12.3 Å². The average molecular weight is 423 g/mol. The highest BCUT2D eigenvalue weighted by molar-refractivity contribution is 6.30. The molecule has 1 aliphatic rings. The van der Waals surface area contributed by atoms with Crippen LogP contribution in [0.15, 0.2) is 59.9 Å². The van der Waals surface area contributed by atoms with Crippen LogP contribution in [-0.2, 0) is 9.59 Å². The SMILES string of the molecule is Cc1[nH]c2ccccc2c1C1C(C(=O)C(C)(C)C)=C(O)C(=O)N1c1ccc(Cl)cc1. The van der Waals surface area contributed by atoms with Crippen LogP contribution in [0.25, 0.3) is 10.9 Å². The predicted octanol–water partition coefficient (Wildman–Crippen LogP) is 5.64. The van der Waals surface area contributed by atoms with Crippen LogP contribution in [0.3, 0.4) is 0 Å². The summed E-state index contributed by atoms with van der Waals surface area (Å²) in [5.41, 5.74) is 2.45. The summed E-state index contributed by atoms with van der Waals surface area (Å²) in [5, 5.41) is 12.3. The van der Waals surface area contributed by atoms with Gasteiger partial charge in [-0.15, -0.1) is 0 Å². The third-order valence-corrected chi connectivity index (χ3v) is 5.71. The molecule has 3 aromatic rings. The summed E-state index contributed by atoms with van der Waals surface area (Å²) in [6.07, 6.45) is 0. The molecule has 1 aromatic heterocycles. The van der Waals surface area contributed by atoms with Crippen molar-refractivity contribution in [2.75, 3.05) is 4.90 Å². The molecular formula is C24H23ClN2O3. The topological polar surface area (TPSA) is 73.4 Å². The molecule has 1 atom stereocenters. The molecule has 0 saturated heterocycles. The van der Waals surface area contributed by atoms with Crippen LogP contribution >= 0.6 is 11.6 Å². The molecule has 0 saturated carbocycles. The monoisotopic (exact) mass is 422 g/mol. The Balaban J connectivity index is 2.01. The Morgan fingerprint density at radius 1 is 1.10 bits per heavy atom. The zero-order chi connectivity index (χ0) is 21.8. The smallest absolute Gasteiger partial charge is 0.294 e. The lowest BCUT2D eigenvalue weighted by Gasteiger charge is -2.29. The molecule has 0 aliphatic carbocycles. The van der Waals surface area contributed by atoms with E-state index < -0.39 is 23.1 Å². The summed E-state index contributed by atoms with van der Waals surface area (Å²) >= 11 is 6.04. The number of aliphatic hydroxyl groups is 1. The molecule has 0 bridgehead atoms. The zero-order valence-electron chi connectivity index (χ0n) is 17.3. The number of anilines is 1. The Morgan fingerprint density at radius 2 is 1.73 bits per heavy atom. The zero-order valence-corrected chi connectivity index (χ0v) is 18.0. The van der Waals surface area contributed by atoms with Gasteiger partial charge in [-0.2, -0.15) is 0 Å². The van der Waals surface area contributed by atoms with Crippen LogP contribution in [0.4, 0.5) is 5.69 Å². The number of ketones is 1. The quantitative estimate of drug-likeness (QED) is 0.573. The highest BCUT2D eigenvalue weighted by atomic mass is 35.5. The molecule has 154 valence electrons. The first-order valence-electron chi connectivity index (χ1n) is 9.75. The maximum Gasteiger partial charge on any atom is 0.294 e. The summed E-state index contributed by atoms with van der Waals surface area (Å²) in [6.45, 7) is 7.26. The summed E-state index contributed by atoms with van der Waals surface area (Å²) in [6, 6.07) is 13.8.